The Morgan fingerprint density at radius 1 is 1.38 bits per heavy atom. The summed E-state index contributed by atoms with van der Waals surface area (Å²) in [6, 6.07) is 9.66. The van der Waals surface area contributed by atoms with Crippen LogP contribution in [0.2, 0.25) is 5.02 Å². The fourth-order valence-electron chi connectivity index (χ4n) is 1.51. The van der Waals surface area contributed by atoms with Crippen molar-refractivity contribution in [2.75, 3.05) is 0 Å². The first-order valence-electron chi connectivity index (χ1n) is 4.95. The Labute approximate surface area is 98.1 Å². The highest BCUT2D eigenvalue weighted by Crippen LogP contribution is 2.12. The van der Waals surface area contributed by atoms with E-state index in [0.29, 0.717) is 6.42 Å². The Hall–Kier alpha value is -1.61. The second kappa shape index (κ2) is 4.49. The van der Waals surface area contributed by atoms with Crippen molar-refractivity contribution in [3.8, 4) is 0 Å². The summed E-state index contributed by atoms with van der Waals surface area (Å²) in [4.78, 5) is 11.0. The molecule has 1 heterocycles. The summed E-state index contributed by atoms with van der Waals surface area (Å²) < 4.78 is 0. The van der Waals surface area contributed by atoms with E-state index in [4.69, 9.17) is 11.6 Å². The number of hydrogen-bond acceptors (Lipinski definition) is 2. The lowest BCUT2D eigenvalue weighted by Gasteiger charge is -2.04. The number of aromatic nitrogens is 2. The van der Waals surface area contributed by atoms with E-state index in [0.717, 1.165) is 5.69 Å². The highest BCUT2D eigenvalue weighted by molar-refractivity contribution is 6.30. The van der Waals surface area contributed by atoms with Gasteiger partial charge in [0.15, 0.2) is 0 Å². The van der Waals surface area contributed by atoms with E-state index in [-0.39, 0.29) is 10.6 Å². The molecule has 4 heteroatoms. The van der Waals surface area contributed by atoms with Crippen molar-refractivity contribution in [2.45, 2.75) is 13.3 Å². The summed E-state index contributed by atoms with van der Waals surface area (Å²) in [6.45, 7) is 2.04. The van der Waals surface area contributed by atoms with E-state index in [1.54, 1.807) is 6.07 Å². The van der Waals surface area contributed by atoms with Crippen LogP contribution in [0.25, 0.3) is 0 Å². The maximum absolute atomic E-state index is 11.0. The van der Waals surface area contributed by atoms with Gasteiger partial charge in [-0.25, -0.2) is 5.10 Å². The zero-order valence-corrected chi connectivity index (χ0v) is 9.58. The van der Waals surface area contributed by atoms with E-state index in [1.807, 2.05) is 31.2 Å². The molecule has 1 N–H and O–H groups in total. The molecule has 0 saturated carbocycles. The molecule has 3 nitrogen and oxygen atoms in total. The van der Waals surface area contributed by atoms with Gasteiger partial charge in [0, 0.05) is 6.42 Å². The number of hydrogen-bond donors (Lipinski definition) is 1. The quantitative estimate of drug-likeness (QED) is 0.867. The van der Waals surface area contributed by atoms with Crippen molar-refractivity contribution in [2.24, 2.45) is 0 Å². The minimum absolute atomic E-state index is 0.179. The van der Waals surface area contributed by atoms with Gasteiger partial charge in [0.2, 0.25) is 0 Å². The number of halogens is 1. The van der Waals surface area contributed by atoms with Gasteiger partial charge < -0.3 is 0 Å². The molecule has 16 heavy (non-hydrogen) atoms. The van der Waals surface area contributed by atoms with Crippen LogP contribution in [0.1, 0.15) is 16.8 Å². The molecule has 1 aromatic heterocycles. The van der Waals surface area contributed by atoms with Crippen LogP contribution in [0.15, 0.2) is 35.1 Å². The van der Waals surface area contributed by atoms with Crippen LogP contribution in [0, 0.1) is 6.92 Å². The van der Waals surface area contributed by atoms with Gasteiger partial charge in [0.25, 0.3) is 5.56 Å². The summed E-state index contributed by atoms with van der Waals surface area (Å²) >= 11 is 5.74. The van der Waals surface area contributed by atoms with Crippen molar-refractivity contribution in [1.29, 1.82) is 0 Å². The third-order valence-corrected chi connectivity index (χ3v) is 2.72. The summed E-state index contributed by atoms with van der Waals surface area (Å²) in [5, 5.41) is 6.50. The number of nitrogens with one attached hydrogen (secondary N) is 1. The first-order chi connectivity index (χ1) is 7.66. The molecular weight excluding hydrogens is 224 g/mol. The molecule has 0 atom stereocenters. The summed E-state index contributed by atoms with van der Waals surface area (Å²) in [6.07, 6.45) is 0.670. The topological polar surface area (TPSA) is 45.8 Å². The Balaban J connectivity index is 2.31. The fraction of sp³-hybridized carbons (Fsp3) is 0.167. The van der Waals surface area contributed by atoms with Gasteiger partial charge in [-0.3, -0.25) is 4.79 Å². The van der Waals surface area contributed by atoms with Crippen molar-refractivity contribution in [3.63, 3.8) is 0 Å². The molecule has 0 radical (unpaired) electrons. The van der Waals surface area contributed by atoms with E-state index in [9.17, 15) is 4.79 Å². The zero-order valence-electron chi connectivity index (χ0n) is 8.83. The minimum Gasteiger partial charge on any atom is -0.266 e. The lowest BCUT2D eigenvalue weighted by atomic mass is 10.0. The van der Waals surface area contributed by atoms with Crippen molar-refractivity contribution >= 4 is 11.6 Å². The van der Waals surface area contributed by atoms with Crippen LogP contribution in [0.5, 0.6) is 0 Å². The summed E-state index contributed by atoms with van der Waals surface area (Å²) in [7, 11) is 0. The van der Waals surface area contributed by atoms with Gasteiger partial charge in [0.1, 0.15) is 5.02 Å². The maximum atomic E-state index is 11.0. The first-order valence-corrected chi connectivity index (χ1v) is 5.33. The maximum Gasteiger partial charge on any atom is 0.282 e. The number of aromatic amines is 1. The second-order valence-corrected chi connectivity index (χ2v) is 4.05. The molecule has 0 fully saturated rings. The zero-order chi connectivity index (χ0) is 11.5. The van der Waals surface area contributed by atoms with Gasteiger partial charge in [-0.1, -0.05) is 35.9 Å². The van der Waals surface area contributed by atoms with Crippen molar-refractivity contribution in [1.82, 2.24) is 10.2 Å². The van der Waals surface area contributed by atoms with Crippen LogP contribution in [-0.4, -0.2) is 10.2 Å². The molecule has 0 aliphatic heterocycles. The Morgan fingerprint density at radius 2 is 2.12 bits per heavy atom. The monoisotopic (exact) mass is 234 g/mol. The van der Waals surface area contributed by atoms with Crippen molar-refractivity contribution in [3.05, 3.63) is 62.5 Å². The van der Waals surface area contributed by atoms with Crippen LogP contribution in [0.4, 0.5) is 0 Å². The predicted octanol–water partition coefficient (Wildman–Crippen LogP) is 2.32. The Bertz CT molecular complexity index is 563. The van der Waals surface area contributed by atoms with Crippen LogP contribution < -0.4 is 5.56 Å². The summed E-state index contributed by atoms with van der Waals surface area (Å²) in [5.74, 6) is 0. The summed E-state index contributed by atoms with van der Waals surface area (Å²) in [5.41, 5.74) is 2.79. The van der Waals surface area contributed by atoms with Gasteiger partial charge in [-0.15, -0.1) is 0 Å². The standard InChI is InChI=1S/C12H11ClN2O/c1-8-4-2-3-5-9(8)6-10-7-11(13)12(16)15-14-10/h2-5,7H,6H2,1H3,(H,15,16). The van der Waals surface area contributed by atoms with Gasteiger partial charge >= 0.3 is 0 Å². The lowest BCUT2D eigenvalue weighted by molar-refractivity contribution is 0.908. The average Bonchev–Trinajstić information content (AvgIpc) is 2.27. The molecule has 0 saturated heterocycles. The molecule has 1 aromatic carbocycles. The number of nitrogens with zero attached hydrogens (tertiary/aromatic N) is 1. The van der Waals surface area contributed by atoms with E-state index in [1.165, 1.54) is 11.1 Å². The number of rotatable bonds is 2. The highest BCUT2D eigenvalue weighted by atomic mass is 35.5. The molecule has 82 valence electrons. The van der Waals surface area contributed by atoms with Gasteiger partial charge in [0.05, 0.1) is 5.69 Å². The molecule has 2 rings (SSSR count). The normalized spacial score (nSPS) is 10.4. The molecule has 2 aromatic rings. The predicted molar refractivity (Wildman–Crippen MR) is 63.9 cm³/mol. The average molecular weight is 235 g/mol. The number of aryl methyl sites for hydroxylation is 1. The SMILES string of the molecule is Cc1ccccc1Cc1cc(Cl)c(=O)[nH]n1. The van der Waals surface area contributed by atoms with E-state index < -0.39 is 0 Å². The van der Waals surface area contributed by atoms with Gasteiger partial charge in [-0.05, 0) is 24.1 Å². The first kappa shape index (κ1) is 10.9. The molecular formula is C12H11ClN2O. The minimum atomic E-state index is -0.352. The molecule has 0 amide bonds. The third kappa shape index (κ3) is 2.31. The molecule has 0 aliphatic carbocycles. The lowest BCUT2D eigenvalue weighted by Crippen LogP contribution is -2.10. The molecule has 0 spiro atoms. The largest absolute Gasteiger partial charge is 0.282 e. The third-order valence-electron chi connectivity index (χ3n) is 2.44. The number of benzene rings is 1. The van der Waals surface area contributed by atoms with Crippen LogP contribution in [0.3, 0.4) is 0 Å². The van der Waals surface area contributed by atoms with Crippen LogP contribution in [-0.2, 0) is 6.42 Å². The van der Waals surface area contributed by atoms with E-state index in [2.05, 4.69) is 10.2 Å². The fourth-order valence-corrected chi connectivity index (χ4v) is 1.68. The van der Waals surface area contributed by atoms with Gasteiger partial charge in [-0.2, -0.15) is 5.10 Å². The van der Waals surface area contributed by atoms with Crippen molar-refractivity contribution < 1.29 is 0 Å². The van der Waals surface area contributed by atoms with E-state index >= 15 is 0 Å². The highest BCUT2D eigenvalue weighted by Gasteiger charge is 2.03. The van der Waals surface area contributed by atoms with Crippen LogP contribution >= 0.6 is 11.6 Å². The molecule has 0 unspecified atom stereocenters. The number of H-pyrrole nitrogens is 1. The Kier molecular flexibility index (Phi) is 3.06. The molecule has 0 bridgehead atoms. The smallest absolute Gasteiger partial charge is 0.266 e. The Morgan fingerprint density at radius 3 is 2.81 bits per heavy atom. The second-order valence-electron chi connectivity index (χ2n) is 3.64. The molecule has 0 aliphatic rings.